The maximum absolute atomic E-state index is 10.8. The van der Waals surface area contributed by atoms with E-state index in [1.165, 1.54) is 0 Å². The van der Waals surface area contributed by atoms with Crippen LogP contribution in [0.5, 0.6) is 0 Å². The predicted octanol–water partition coefficient (Wildman–Crippen LogP) is 0.638. The maximum Gasteiger partial charge on any atom is 0.266 e. The van der Waals surface area contributed by atoms with Gasteiger partial charge in [0.05, 0.1) is 0 Å². The molecule has 0 aliphatic rings. The second-order valence-corrected chi connectivity index (χ2v) is 3.16. The zero-order valence-corrected chi connectivity index (χ0v) is 7.32. The molecule has 0 unspecified atom stereocenters. The first-order chi connectivity index (χ1) is 5.61. The van der Waals surface area contributed by atoms with E-state index in [2.05, 4.69) is 18.9 Å². The van der Waals surface area contributed by atoms with Crippen LogP contribution in [0.25, 0.3) is 0 Å². The van der Waals surface area contributed by atoms with E-state index in [0.29, 0.717) is 11.6 Å². The fourth-order valence-electron chi connectivity index (χ4n) is 1.03. The molecule has 0 fully saturated rings. The molecule has 1 aromatic heterocycles. The molecule has 1 rings (SSSR count). The van der Waals surface area contributed by atoms with Crippen LogP contribution in [0.3, 0.4) is 0 Å². The van der Waals surface area contributed by atoms with Gasteiger partial charge in [0.1, 0.15) is 5.69 Å². The minimum atomic E-state index is -0.423. The number of aromatic nitrogens is 2. The molecule has 0 aromatic carbocycles. The molecule has 0 saturated carbocycles. The summed E-state index contributed by atoms with van der Waals surface area (Å²) in [4.78, 5) is 10.8. The summed E-state index contributed by atoms with van der Waals surface area (Å²) < 4.78 is 1.63. The third-order valence-electron chi connectivity index (χ3n) is 1.51. The summed E-state index contributed by atoms with van der Waals surface area (Å²) in [5.74, 6) is 0.0381. The summed E-state index contributed by atoms with van der Waals surface area (Å²) in [7, 11) is 0. The van der Waals surface area contributed by atoms with E-state index in [-0.39, 0.29) is 0 Å². The first kappa shape index (κ1) is 8.77. The van der Waals surface area contributed by atoms with Gasteiger partial charge in [0.2, 0.25) is 0 Å². The zero-order chi connectivity index (χ0) is 9.14. The molecule has 0 saturated heterocycles. The molecule has 12 heavy (non-hydrogen) atoms. The molecule has 1 amide bonds. The van der Waals surface area contributed by atoms with Crippen molar-refractivity contribution in [2.24, 2.45) is 11.7 Å². The quantitative estimate of drug-likeness (QED) is 0.718. The lowest BCUT2D eigenvalue weighted by Gasteiger charge is -2.06. The van der Waals surface area contributed by atoms with Crippen molar-refractivity contribution in [2.75, 3.05) is 0 Å². The number of primary amides is 1. The van der Waals surface area contributed by atoms with E-state index in [1.807, 2.05) is 0 Å². The van der Waals surface area contributed by atoms with Gasteiger partial charge >= 0.3 is 0 Å². The van der Waals surface area contributed by atoms with Crippen LogP contribution in [-0.2, 0) is 6.54 Å². The Balaban J connectivity index is 2.84. The molecule has 0 aliphatic heterocycles. The van der Waals surface area contributed by atoms with Crippen LogP contribution in [-0.4, -0.2) is 15.7 Å². The van der Waals surface area contributed by atoms with Crippen LogP contribution in [0.15, 0.2) is 12.3 Å². The fraction of sp³-hybridized carbons (Fsp3) is 0.500. The Morgan fingerprint density at radius 3 is 2.92 bits per heavy atom. The average Bonchev–Trinajstić information content (AvgIpc) is 2.33. The topological polar surface area (TPSA) is 60.9 Å². The van der Waals surface area contributed by atoms with Crippen LogP contribution >= 0.6 is 0 Å². The van der Waals surface area contributed by atoms with Gasteiger partial charge in [-0.05, 0) is 12.0 Å². The number of hydrogen-bond acceptors (Lipinski definition) is 2. The number of nitrogens with zero attached hydrogens (tertiary/aromatic N) is 2. The lowest BCUT2D eigenvalue weighted by molar-refractivity contribution is 0.0989. The maximum atomic E-state index is 10.8. The number of carbonyl (C=O) groups is 1. The third kappa shape index (κ3) is 1.84. The molecule has 0 atom stereocenters. The third-order valence-corrected chi connectivity index (χ3v) is 1.51. The molecule has 4 heteroatoms. The highest BCUT2D eigenvalue weighted by Gasteiger charge is 2.08. The summed E-state index contributed by atoms with van der Waals surface area (Å²) in [5.41, 5.74) is 5.61. The van der Waals surface area contributed by atoms with Gasteiger partial charge in [-0.15, -0.1) is 0 Å². The van der Waals surface area contributed by atoms with E-state index in [9.17, 15) is 4.79 Å². The van der Waals surface area contributed by atoms with E-state index >= 15 is 0 Å². The number of amides is 1. The lowest BCUT2D eigenvalue weighted by atomic mass is 10.2. The van der Waals surface area contributed by atoms with Gasteiger partial charge in [-0.3, -0.25) is 9.48 Å². The summed E-state index contributed by atoms with van der Waals surface area (Å²) >= 11 is 0. The Kier molecular flexibility index (Phi) is 2.47. The molecular weight excluding hydrogens is 154 g/mol. The van der Waals surface area contributed by atoms with Crippen LogP contribution in [0.2, 0.25) is 0 Å². The zero-order valence-electron chi connectivity index (χ0n) is 7.32. The van der Waals surface area contributed by atoms with Crippen molar-refractivity contribution in [2.45, 2.75) is 20.4 Å². The van der Waals surface area contributed by atoms with Crippen molar-refractivity contribution >= 4 is 5.91 Å². The van der Waals surface area contributed by atoms with Crippen LogP contribution in [0, 0.1) is 5.92 Å². The average molecular weight is 167 g/mol. The number of carbonyl (C=O) groups excluding carboxylic acids is 1. The Morgan fingerprint density at radius 1 is 1.75 bits per heavy atom. The van der Waals surface area contributed by atoms with E-state index in [1.54, 1.807) is 16.9 Å². The second kappa shape index (κ2) is 3.38. The van der Waals surface area contributed by atoms with Gasteiger partial charge in [0.15, 0.2) is 0 Å². The SMILES string of the molecule is CC(C)Cn1nccc1C(N)=O. The summed E-state index contributed by atoms with van der Waals surface area (Å²) in [6.45, 7) is 4.85. The van der Waals surface area contributed by atoms with Gasteiger partial charge in [-0.2, -0.15) is 5.10 Å². The highest BCUT2D eigenvalue weighted by atomic mass is 16.1. The number of rotatable bonds is 3. The predicted molar refractivity (Wildman–Crippen MR) is 45.6 cm³/mol. The van der Waals surface area contributed by atoms with Crippen molar-refractivity contribution < 1.29 is 4.79 Å². The largest absolute Gasteiger partial charge is 0.364 e. The highest BCUT2D eigenvalue weighted by Crippen LogP contribution is 2.02. The van der Waals surface area contributed by atoms with Gasteiger partial charge in [-0.1, -0.05) is 13.8 Å². The molecule has 1 heterocycles. The highest BCUT2D eigenvalue weighted by molar-refractivity contribution is 5.90. The van der Waals surface area contributed by atoms with Gasteiger partial charge < -0.3 is 5.73 Å². The standard InChI is InChI=1S/C8H13N3O/c1-6(2)5-11-7(8(9)12)3-4-10-11/h3-4,6H,5H2,1-2H3,(H2,9,12). The summed E-state index contributed by atoms with van der Waals surface area (Å²) in [6.07, 6.45) is 1.59. The van der Waals surface area contributed by atoms with Crippen molar-refractivity contribution in [1.82, 2.24) is 9.78 Å². The molecule has 0 aliphatic carbocycles. The lowest BCUT2D eigenvalue weighted by Crippen LogP contribution is -2.19. The minimum absolute atomic E-state index is 0.423. The molecule has 0 bridgehead atoms. The molecule has 0 radical (unpaired) electrons. The smallest absolute Gasteiger partial charge is 0.266 e. The molecule has 4 nitrogen and oxygen atoms in total. The monoisotopic (exact) mass is 167 g/mol. The molecule has 0 spiro atoms. The van der Waals surface area contributed by atoms with Crippen molar-refractivity contribution in [3.05, 3.63) is 18.0 Å². The molecular formula is C8H13N3O. The van der Waals surface area contributed by atoms with Crippen molar-refractivity contribution in [1.29, 1.82) is 0 Å². The Hall–Kier alpha value is -1.32. The van der Waals surface area contributed by atoms with Crippen molar-refractivity contribution in [3.63, 3.8) is 0 Å². The minimum Gasteiger partial charge on any atom is -0.364 e. The fourth-order valence-corrected chi connectivity index (χ4v) is 1.03. The summed E-state index contributed by atoms with van der Waals surface area (Å²) in [6, 6.07) is 1.63. The summed E-state index contributed by atoms with van der Waals surface area (Å²) in [5, 5.41) is 3.99. The Bertz CT molecular complexity index is 278. The Labute approximate surface area is 71.4 Å². The molecule has 2 N–H and O–H groups in total. The number of nitrogens with two attached hydrogens (primary N) is 1. The van der Waals surface area contributed by atoms with E-state index in [0.717, 1.165) is 6.54 Å². The van der Waals surface area contributed by atoms with Crippen LogP contribution in [0.1, 0.15) is 24.3 Å². The first-order valence-corrected chi connectivity index (χ1v) is 3.93. The van der Waals surface area contributed by atoms with Gasteiger partial charge in [-0.25, -0.2) is 0 Å². The first-order valence-electron chi connectivity index (χ1n) is 3.93. The second-order valence-electron chi connectivity index (χ2n) is 3.16. The van der Waals surface area contributed by atoms with E-state index < -0.39 is 5.91 Å². The normalized spacial score (nSPS) is 10.6. The van der Waals surface area contributed by atoms with Crippen molar-refractivity contribution in [3.8, 4) is 0 Å². The van der Waals surface area contributed by atoms with Crippen LogP contribution < -0.4 is 5.73 Å². The molecule has 1 aromatic rings. The van der Waals surface area contributed by atoms with Gasteiger partial charge in [0, 0.05) is 12.7 Å². The van der Waals surface area contributed by atoms with Gasteiger partial charge in [0.25, 0.3) is 5.91 Å². The van der Waals surface area contributed by atoms with E-state index in [4.69, 9.17) is 5.73 Å². The Morgan fingerprint density at radius 2 is 2.42 bits per heavy atom. The number of hydrogen-bond donors (Lipinski definition) is 1. The molecule has 66 valence electrons. The van der Waals surface area contributed by atoms with Crippen LogP contribution in [0.4, 0.5) is 0 Å².